The minimum atomic E-state index is -0.884. The highest BCUT2D eigenvalue weighted by Gasteiger charge is 2.17. The van der Waals surface area contributed by atoms with Gasteiger partial charge < -0.3 is 59.3 Å². The van der Waals surface area contributed by atoms with Gasteiger partial charge in [0.2, 0.25) is 11.8 Å². The van der Waals surface area contributed by atoms with E-state index in [0.717, 1.165) is 62.9 Å². The van der Waals surface area contributed by atoms with Crippen molar-refractivity contribution < 1.29 is 14.2 Å². The number of anilines is 4. The Balaban J connectivity index is 0.000000151. The van der Waals surface area contributed by atoms with Gasteiger partial charge in [0, 0.05) is 49.3 Å². The molecule has 0 aromatic carbocycles. The van der Waals surface area contributed by atoms with E-state index in [0.29, 0.717) is 64.9 Å². The molecule has 0 unspecified atom stereocenters. The highest BCUT2D eigenvalue weighted by atomic mass is 32.2. The second-order valence-electron chi connectivity index (χ2n) is 21.1. The number of nitrogens with zero attached hydrogens (tertiary/aromatic N) is 23. The van der Waals surface area contributed by atoms with Gasteiger partial charge in [0.05, 0.1) is 51.7 Å². The van der Waals surface area contributed by atoms with Gasteiger partial charge in [0.1, 0.15) is 52.4 Å². The molecule has 12 aromatic rings. The standard InChI is InChI=1S/C11H17N5.C10H15N5O.C9H12N4O.C9H12N4S.C8H9FN4O.C8H12N6/c1-4-5-12-10-9-11(14-6-13-10)16(7-15-9)8(2)3;1-7(2)15-6-14-8-9(11-3-4-16)12-5-13-10(8)15;2*1-6(2)13-5-12-7-8(13)10-4-11-9(7)14-3;1-4(2)13-3-10-5-6(13)11-8(9)12-7(5)14;1-4(2)14-3-11-5-6(9)12-8(10)13-7(5)14/h6-8H,4-5H2,1-3H3,(H,12,13,14);5-7,16H,3-4H2,1-2H3,(H,11,12,13);2*4-6H,1-3H3;3-4H,1-2H3,(H,11,12,14);3-4H,1-2H3,(H4,9,10,12,13). The Morgan fingerprint density at radius 1 is 0.511 bits per heavy atom. The number of hydrogen-bond donors (Lipinski definition) is 6. The number of methoxy groups -OCH3 is 1. The first-order chi connectivity index (χ1) is 42.1. The van der Waals surface area contributed by atoms with Gasteiger partial charge in [0.15, 0.2) is 62.4 Å². The summed E-state index contributed by atoms with van der Waals surface area (Å²) in [5.74, 6) is 2.52. The number of imidazole rings is 6. The smallest absolute Gasteiger partial charge is 0.291 e. The van der Waals surface area contributed by atoms with Crippen molar-refractivity contribution in [1.82, 2.24) is 117 Å². The van der Waals surface area contributed by atoms with Crippen molar-refractivity contribution in [3.63, 3.8) is 0 Å². The van der Waals surface area contributed by atoms with Crippen molar-refractivity contribution in [2.45, 2.75) is 138 Å². The van der Waals surface area contributed by atoms with Crippen LogP contribution in [0.4, 0.5) is 27.8 Å². The van der Waals surface area contributed by atoms with E-state index in [1.807, 2.05) is 69.9 Å². The molecule has 88 heavy (non-hydrogen) atoms. The Morgan fingerprint density at radius 3 is 1.35 bits per heavy atom. The molecule has 0 radical (unpaired) electrons. The first kappa shape index (κ1) is 65.9. The molecule has 0 saturated heterocycles. The van der Waals surface area contributed by atoms with Gasteiger partial charge in [-0.05, 0) is 95.8 Å². The molecule has 0 atom stereocenters. The van der Waals surface area contributed by atoms with Gasteiger partial charge >= 0.3 is 0 Å². The molecule has 31 nitrogen and oxygen atoms in total. The summed E-state index contributed by atoms with van der Waals surface area (Å²) in [6.07, 6.45) is 18.7. The second-order valence-corrected chi connectivity index (χ2v) is 21.9. The van der Waals surface area contributed by atoms with E-state index in [9.17, 15) is 9.18 Å². The number of fused-ring (bicyclic) bond motifs is 6. The van der Waals surface area contributed by atoms with Crippen molar-refractivity contribution in [2.75, 3.05) is 55.2 Å². The molecule has 12 heterocycles. The maximum Gasteiger partial charge on any atom is 0.291 e. The number of halogens is 1. The Bertz CT molecular complexity index is 4080. The van der Waals surface area contributed by atoms with Gasteiger partial charge in [0.25, 0.3) is 11.6 Å². The summed E-state index contributed by atoms with van der Waals surface area (Å²) in [6, 6.07) is 1.75. The molecule has 0 aliphatic heterocycles. The average molecular weight is 1230 g/mol. The number of nitrogens with two attached hydrogens (primary N) is 2. The minimum Gasteiger partial charge on any atom is -0.479 e. The topological polar surface area (TPSA) is 387 Å². The molecule has 0 saturated carbocycles. The molecule has 8 N–H and O–H groups in total. The van der Waals surface area contributed by atoms with Crippen LogP contribution in [0.15, 0.2) is 73.1 Å². The normalized spacial score (nSPS) is 11.3. The number of nitrogens with one attached hydrogen (secondary N) is 3. The molecule has 33 heteroatoms. The number of ether oxygens (including phenoxy) is 1. The van der Waals surface area contributed by atoms with Crippen LogP contribution < -0.4 is 32.4 Å². The van der Waals surface area contributed by atoms with E-state index in [4.69, 9.17) is 21.3 Å². The molecule has 12 rings (SSSR count). The van der Waals surface area contributed by atoms with E-state index >= 15 is 0 Å². The maximum atomic E-state index is 12.8. The quantitative estimate of drug-likeness (QED) is 0.0341. The molecule has 0 amide bonds. The zero-order valence-electron chi connectivity index (χ0n) is 52.1. The third-order valence-corrected chi connectivity index (χ3v) is 13.6. The summed E-state index contributed by atoms with van der Waals surface area (Å²) < 4.78 is 29.5. The van der Waals surface area contributed by atoms with Crippen LogP contribution in [0.5, 0.6) is 5.88 Å². The van der Waals surface area contributed by atoms with Gasteiger partial charge in [-0.25, -0.2) is 64.8 Å². The van der Waals surface area contributed by atoms with Crippen LogP contribution in [0.1, 0.15) is 133 Å². The number of hydrogen-bond acceptors (Lipinski definition) is 25. The number of nitrogen functional groups attached to an aromatic ring is 2. The van der Waals surface area contributed by atoms with Crippen LogP contribution in [-0.2, 0) is 0 Å². The van der Waals surface area contributed by atoms with E-state index in [1.165, 1.54) is 19.0 Å². The number of aliphatic hydroxyl groups excluding tert-OH is 1. The first-order valence-electron chi connectivity index (χ1n) is 28.4. The van der Waals surface area contributed by atoms with Crippen LogP contribution in [0, 0.1) is 6.08 Å². The summed E-state index contributed by atoms with van der Waals surface area (Å²) in [6.45, 7) is 28.2. The van der Waals surface area contributed by atoms with E-state index < -0.39 is 11.6 Å². The van der Waals surface area contributed by atoms with Crippen LogP contribution in [-0.4, -0.2) is 155 Å². The molecule has 0 fully saturated rings. The third-order valence-electron chi connectivity index (χ3n) is 12.9. The Labute approximate surface area is 510 Å². The lowest BCUT2D eigenvalue weighted by atomic mass is 10.4. The molecule has 0 aliphatic rings. The Kier molecular flexibility index (Phi) is 22.5. The molecule has 0 bridgehead atoms. The first-order valence-corrected chi connectivity index (χ1v) is 29.6. The fourth-order valence-corrected chi connectivity index (χ4v) is 8.95. The fraction of sp³-hybridized carbons (Fsp3) is 0.455. The molecule has 0 aliphatic carbocycles. The van der Waals surface area contributed by atoms with Crippen molar-refractivity contribution in [3.8, 4) is 5.88 Å². The van der Waals surface area contributed by atoms with Gasteiger partial charge in [-0.3, -0.25) is 9.78 Å². The Morgan fingerprint density at radius 2 is 0.898 bits per heavy atom. The summed E-state index contributed by atoms with van der Waals surface area (Å²) in [4.78, 5) is 83.4. The molecule has 12 aromatic heterocycles. The summed E-state index contributed by atoms with van der Waals surface area (Å²) in [7, 11) is 1.58. The fourth-order valence-electron chi connectivity index (χ4n) is 8.46. The number of aromatic nitrogens is 24. The predicted molar refractivity (Wildman–Crippen MR) is 339 cm³/mol. The minimum absolute atomic E-state index is 0.0659. The Hall–Kier alpha value is -9.66. The summed E-state index contributed by atoms with van der Waals surface area (Å²) in [5, 5.41) is 16.0. The highest BCUT2D eigenvalue weighted by Crippen LogP contribution is 2.26. The molecular weight excluding hydrogens is 1150 g/mol. The number of H-pyrrole nitrogens is 1. The molecule has 0 spiro atoms. The zero-order valence-corrected chi connectivity index (χ0v) is 52.9. The lowest BCUT2D eigenvalue weighted by Gasteiger charge is -2.07. The second kappa shape index (κ2) is 30.1. The predicted octanol–water partition coefficient (Wildman–Crippen LogP) is 8.00. The van der Waals surface area contributed by atoms with Crippen LogP contribution >= 0.6 is 11.8 Å². The summed E-state index contributed by atoms with van der Waals surface area (Å²) >= 11 is 1.60. The maximum absolute atomic E-state index is 12.8. The van der Waals surface area contributed by atoms with Gasteiger partial charge in [-0.2, -0.15) is 24.3 Å². The zero-order chi connectivity index (χ0) is 63.9. The van der Waals surface area contributed by atoms with Gasteiger partial charge in [-0.1, -0.05) is 6.92 Å². The number of aliphatic hydroxyl groups is 1. The van der Waals surface area contributed by atoms with E-state index in [2.05, 4.69) is 162 Å². The lowest BCUT2D eigenvalue weighted by Crippen LogP contribution is -2.12. The van der Waals surface area contributed by atoms with Crippen LogP contribution in [0.2, 0.25) is 0 Å². The lowest BCUT2D eigenvalue weighted by molar-refractivity contribution is 0.311. The highest BCUT2D eigenvalue weighted by molar-refractivity contribution is 7.98. The monoisotopic (exact) mass is 1230 g/mol. The summed E-state index contributed by atoms with van der Waals surface area (Å²) in [5.41, 5.74) is 19.0. The molecule has 468 valence electrons. The largest absolute Gasteiger partial charge is 0.479 e. The van der Waals surface area contributed by atoms with Gasteiger partial charge in [-0.15, -0.1) is 11.8 Å². The van der Waals surface area contributed by atoms with Crippen molar-refractivity contribution in [3.05, 3.63) is 79.7 Å². The van der Waals surface area contributed by atoms with Crippen molar-refractivity contribution in [1.29, 1.82) is 0 Å². The van der Waals surface area contributed by atoms with E-state index in [1.54, 1.807) is 55.1 Å². The number of rotatable bonds is 14. The average Bonchev–Trinajstić information content (AvgIpc) is 4.31. The van der Waals surface area contributed by atoms with Crippen molar-refractivity contribution >= 4 is 102 Å². The SMILES string of the molecule is CC(C)n1cnc2c(=O)[nH]c(F)nc21.CC(C)n1cnc2c(N)nc(N)nc21.CC(C)n1cnc2c(NCCO)ncnc21.CCCNc1ncnc2c1ncn2C(C)C.COc1ncnc2c1ncn2C(C)C.CSc1ncnc2c1ncn2C(C)C. The van der Waals surface area contributed by atoms with Crippen molar-refractivity contribution in [2.24, 2.45) is 0 Å². The van der Waals surface area contributed by atoms with E-state index in [-0.39, 0.29) is 35.8 Å². The van der Waals surface area contributed by atoms with Crippen LogP contribution in [0.3, 0.4) is 0 Å². The van der Waals surface area contributed by atoms with Crippen LogP contribution in [0.25, 0.3) is 67.0 Å². The number of aromatic amines is 1. The third kappa shape index (κ3) is 15.3. The molecular formula is C55H77FN28O3S. The number of thioether (sulfide) groups is 1.